The van der Waals surface area contributed by atoms with Crippen molar-refractivity contribution in [2.75, 3.05) is 18.8 Å². The molecule has 0 bridgehead atoms. The molecule has 8 heteroatoms. The van der Waals surface area contributed by atoms with E-state index in [9.17, 15) is 10.1 Å². The third-order valence-electron chi connectivity index (χ3n) is 5.18. The van der Waals surface area contributed by atoms with Crippen LogP contribution in [0.1, 0.15) is 29.2 Å². The number of anilines is 1. The SMILES string of the molecule is N#CN1CCC[C@H](n2nc(-c3ccc(Oc4ccccc4)cc3)c(C(N)=O)c2N)C1. The topological polar surface area (TPSA) is 123 Å². The van der Waals surface area contributed by atoms with Crippen LogP contribution in [0, 0.1) is 11.5 Å². The average Bonchev–Trinajstić information content (AvgIpc) is 3.12. The number of hydrogen-bond donors (Lipinski definition) is 2. The fourth-order valence-corrected chi connectivity index (χ4v) is 3.72. The highest BCUT2D eigenvalue weighted by atomic mass is 16.5. The molecule has 30 heavy (non-hydrogen) atoms. The Morgan fingerprint density at radius 1 is 1.13 bits per heavy atom. The third-order valence-corrected chi connectivity index (χ3v) is 5.18. The molecule has 1 aliphatic heterocycles. The molecule has 2 aromatic carbocycles. The van der Waals surface area contributed by atoms with Crippen molar-refractivity contribution in [3.8, 4) is 28.9 Å². The number of nitriles is 1. The standard InChI is InChI=1S/C22H22N6O2/c23-14-27-12-4-5-16(13-27)28-21(24)19(22(25)29)20(26-28)15-8-10-18(11-9-15)30-17-6-2-1-3-7-17/h1-3,6-11,16H,4-5,12-13,24H2,(H2,25,29)/t16-/m0/s1. The van der Waals surface area contributed by atoms with Gasteiger partial charge in [-0.15, -0.1) is 0 Å². The largest absolute Gasteiger partial charge is 0.457 e. The Kier molecular flexibility index (Phi) is 5.26. The molecule has 4 N–H and O–H groups in total. The fourth-order valence-electron chi connectivity index (χ4n) is 3.72. The van der Waals surface area contributed by atoms with E-state index in [0.717, 1.165) is 18.6 Å². The number of carbonyl (C=O) groups excluding carboxylic acids is 1. The first kappa shape index (κ1) is 19.3. The summed E-state index contributed by atoms with van der Waals surface area (Å²) in [5, 5.41) is 13.8. The van der Waals surface area contributed by atoms with Crippen LogP contribution >= 0.6 is 0 Å². The van der Waals surface area contributed by atoms with E-state index in [-0.39, 0.29) is 17.4 Å². The number of amides is 1. The number of likely N-dealkylation sites (tertiary alicyclic amines) is 1. The first-order valence-electron chi connectivity index (χ1n) is 9.72. The molecule has 1 amide bonds. The summed E-state index contributed by atoms with van der Waals surface area (Å²) in [6.45, 7) is 1.22. The number of primary amides is 1. The van der Waals surface area contributed by atoms with Crippen LogP contribution in [0.4, 0.5) is 5.82 Å². The van der Waals surface area contributed by atoms with Crippen LogP contribution in [0.3, 0.4) is 0 Å². The summed E-state index contributed by atoms with van der Waals surface area (Å²) >= 11 is 0. The molecule has 1 aromatic heterocycles. The molecule has 1 fully saturated rings. The van der Waals surface area contributed by atoms with Gasteiger partial charge in [0.1, 0.15) is 28.6 Å². The van der Waals surface area contributed by atoms with Crippen molar-refractivity contribution in [2.45, 2.75) is 18.9 Å². The molecular formula is C22H22N6O2. The van der Waals surface area contributed by atoms with Gasteiger partial charge in [-0.25, -0.2) is 4.68 Å². The Morgan fingerprint density at radius 2 is 1.83 bits per heavy atom. The minimum Gasteiger partial charge on any atom is -0.457 e. The first-order valence-corrected chi connectivity index (χ1v) is 9.72. The zero-order valence-electron chi connectivity index (χ0n) is 16.4. The maximum absolute atomic E-state index is 12.1. The van der Waals surface area contributed by atoms with Crippen molar-refractivity contribution < 1.29 is 9.53 Å². The highest BCUT2D eigenvalue weighted by Crippen LogP contribution is 2.33. The number of nitrogens with zero attached hydrogens (tertiary/aromatic N) is 4. The van der Waals surface area contributed by atoms with Crippen LogP contribution in [0.25, 0.3) is 11.3 Å². The Morgan fingerprint density at radius 3 is 2.50 bits per heavy atom. The second-order valence-corrected chi connectivity index (χ2v) is 7.20. The Hall–Kier alpha value is -3.99. The van der Waals surface area contributed by atoms with E-state index in [2.05, 4.69) is 11.3 Å². The second-order valence-electron chi connectivity index (χ2n) is 7.20. The molecule has 3 aromatic rings. The fraction of sp³-hybridized carbons (Fsp3) is 0.227. The van der Waals surface area contributed by atoms with Gasteiger partial charge in [-0.1, -0.05) is 18.2 Å². The summed E-state index contributed by atoms with van der Waals surface area (Å²) in [4.78, 5) is 13.8. The van der Waals surface area contributed by atoms with Gasteiger partial charge < -0.3 is 21.1 Å². The molecule has 1 aliphatic rings. The molecule has 0 radical (unpaired) electrons. The van der Waals surface area contributed by atoms with Gasteiger partial charge in [-0.05, 0) is 49.2 Å². The van der Waals surface area contributed by atoms with E-state index in [1.54, 1.807) is 21.7 Å². The zero-order chi connectivity index (χ0) is 21.1. The maximum atomic E-state index is 12.1. The van der Waals surface area contributed by atoms with Crippen LogP contribution in [0.2, 0.25) is 0 Å². The van der Waals surface area contributed by atoms with E-state index in [1.807, 2.05) is 42.5 Å². The van der Waals surface area contributed by atoms with Crippen molar-refractivity contribution >= 4 is 11.7 Å². The predicted molar refractivity (Wildman–Crippen MR) is 113 cm³/mol. The van der Waals surface area contributed by atoms with Crippen molar-refractivity contribution in [3.63, 3.8) is 0 Å². The predicted octanol–water partition coefficient (Wildman–Crippen LogP) is 3.14. The normalized spacial score (nSPS) is 16.1. The highest BCUT2D eigenvalue weighted by Gasteiger charge is 2.28. The lowest BCUT2D eigenvalue weighted by molar-refractivity contribution is 0.100. The highest BCUT2D eigenvalue weighted by molar-refractivity contribution is 6.03. The van der Waals surface area contributed by atoms with Gasteiger partial charge in [0, 0.05) is 12.1 Å². The summed E-state index contributed by atoms with van der Waals surface area (Å²) in [5.74, 6) is 0.990. The van der Waals surface area contributed by atoms with Gasteiger partial charge in [0.15, 0.2) is 6.19 Å². The Labute approximate surface area is 174 Å². The first-order chi connectivity index (χ1) is 14.6. The number of nitrogen functional groups attached to an aromatic ring is 1. The van der Waals surface area contributed by atoms with E-state index in [4.69, 9.17) is 16.2 Å². The van der Waals surface area contributed by atoms with Crippen molar-refractivity contribution in [1.29, 1.82) is 5.26 Å². The number of rotatable bonds is 5. The van der Waals surface area contributed by atoms with Gasteiger partial charge in [0.25, 0.3) is 5.91 Å². The molecule has 0 spiro atoms. The monoisotopic (exact) mass is 402 g/mol. The molecule has 0 aliphatic carbocycles. The number of hydrogen-bond acceptors (Lipinski definition) is 6. The number of para-hydroxylation sites is 1. The second kappa shape index (κ2) is 8.17. The zero-order valence-corrected chi connectivity index (χ0v) is 16.4. The molecule has 8 nitrogen and oxygen atoms in total. The van der Waals surface area contributed by atoms with Crippen LogP contribution < -0.4 is 16.2 Å². The number of nitrogens with two attached hydrogens (primary N) is 2. The van der Waals surface area contributed by atoms with E-state index >= 15 is 0 Å². The minimum absolute atomic E-state index is 0.0917. The van der Waals surface area contributed by atoms with Gasteiger partial charge in [0.05, 0.1) is 12.6 Å². The van der Waals surface area contributed by atoms with Gasteiger partial charge in [-0.3, -0.25) is 4.79 Å². The summed E-state index contributed by atoms with van der Waals surface area (Å²) in [5.41, 5.74) is 13.2. The molecule has 1 atom stereocenters. The minimum atomic E-state index is -0.633. The van der Waals surface area contributed by atoms with Gasteiger partial charge in [-0.2, -0.15) is 10.4 Å². The van der Waals surface area contributed by atoms with Gasteiger partial charge >= 0.3 is 0 Å². The lowest BCUT2D eigenvalue weighted by Gasteiger charge is -2.29. The lowest BCUT2D eigenvalue weighted by atomic mass is 10.1. The molecule has 0 unspecified atom stereocenters. The van der Waals surface area contributed by atoms with Gasteiger partial charge in [0.2, 0.25) is 0 Å². The van der Waals surface area contributed by atoms with Crippen molar-refractivity contribution in [2.24, 2.45) is 5.73 Å². The number of carbonyl (C=O) groups is 1. The van der Waals surface area contributed by atoms with E-state index in [0.29, 0.717) is 30.1 Å². The molecule has 152 valence electrons. The number of ether oxygens (including phenoxy) is 1. The number of benzene rings is 2. The quantitative estimate of drug-likeness (QED) is 0.632. The molecular weight excluding hydrogens is 380 g/mol. The van der Waals surface area contributed by atoms with Crippen LogP contribution in [0.5, 0.6) is 11.5 Å². The Bertz CT molecular complexity index is 1090. The summed E-state index contributed by atoms with van der Waals surface area (Å²) < 4.78 is 7.45. The van der Waals surface area contributed by atoms with E-state index in [1.165, 1.54) is 0 Å². The van der Waals surface area contributed by atoms with Crippen LogP contribution in [-0.2, 0) is 0 Å². The summed E-state index contributed by atoms with van der Waals surface area (Å²) in [6.07, 6.45) is 3.85. The van der Waals surface area contributed by atoms with Crippen LogP contribution in [-0.4, -0.2) is 33.7 Å². The lowest BCUT2D eigenvalue weighted by Crippen LogP contribution is -2.34. The van der Waals surface area contributed by atoms with Crippen LogP contribution in [0.15, 0.2) is 54.6 Å². The molecule has 1 saturated heterocycles. The molecule has 0 saturated carbocycles. The smallest absolute Gasteiger partial charge is 0.254 e. The Balaban J connectivity index is 1.65. The molecule has 2 heterocycles. The van der Waals surface area contributed by atoms with Crippen molar-refractivity contribution in [1.82, 2.24) is 14.7 Å². The maximum Gasteiger partial charge on any atom is 0.254 e. The molecule has 4 rings (SSSR count). The average molecular weight is 402 g/mol. The third kappa shape index (κ3) is 3.78. The van der Waals surface area contributed by atoms with Crippen molar-refractivity contribution in [3.05, 3.63) is 60.2 Å². The number of piperidine rings is 1. The number of aromatic nitrogens is 2. The summed E-state index contributed by atoms with van der Waals surface area (Å²) in [7, 11) is 0. The summed E-state index contributed by atoms with van der Waals surface area (Å²) in [6, 6.07) is 16.6. The van der Waals surface area contributed by atoms with E-state index < -0.39 is 5.91 Å².